The van der Waals surface area contributed by atoms with Gasteiger partial charge in [-0.1, -0.05) is 80.9 Å². The summed E-state index contributed by atoms with van der Waals surface area (Å²) in [7, 11) is 0. The average molecular weight is 352 g/mol. The van der Waals surface area contributed by atoms with Crippen molar-refractivity contribution in [2.24, 2.45) is 11.7 Å². The number of carbonyl (C=O) groups excluding carboxylic acids is 1. The summed E-state index contributed by atoms with van der Waals surface area (Å²) in [6, 6.07) is 19.8. The molecule has 0 amide bonds. The number of benzene rings is 2. The van der Waals surface area contributed by atoms with Crippen molar-refractivity contribution in [2.45, 2.75) is 51.5 Å². The van der Waals surface area contributed by atoms with Crippen LogP contribution in [0, 0.1) is 5.92 Å². The third-order valence-corrected chi connectivity index (χ3v) is 5.30. The van der Waals surface area contributed by atoms with E-state index in [1.54, 1.807) is 0 Å². The standard InChI is InChI=1S/C22H28N2O2/c1-3-16(2)20-21(23)24(20)19(14-17-10-6-4-7-11-17)22(25)26-15-18-12-8-5-9-13-18/h4-13,16,19-21H,3,14-15,23H2,1-2H3/t16?,19-,20?,21?,24?/m0/s1. The lowest BCUT2D eigenvalue weighted by atomic mass is 10.0. The van der Waals surface area contributed by atoms with Gasteiger partial charge in [-0.3, -0.25) is 9.69 Å². The highest BCUT2D eigenvalue weighted by atomic mass is 16.5. The molecule has 2 N–H and O–H groups in total. The van der Waals surface area contributed by atoms with Crippen LogP contribution < -0.4 is 5.73 Å². The summed E-state index contributed by atoms with van der Waals surface area (Å²) < 4.78 is 5.64. The predicted molar refractivity (Wildman–Crippen MR) is 103 cm³/mol. The number of rotatable bonds is 8. The molecule has 0 saturated carbocycles. The highest BCUT2D eigenvalue weighted by Crippen LogP contribution is 2.36. The number of hydrogen-bond donors (Lipinski definition) is 1. The first-order chi connectivity index (χ1) is 12.6. The van der Waals surface area contributed by atoms with E-state index in [9.17, 15) is 4.79 Å². The zero-order valence-corrected chi connectivity index (χ0v) is 15.5. The van der Waals surface area contributed by atoms with E-state index in [1.165, 1.54) is 0 Å². The van der Waals surface area contributed by atoms with Crippen molar-refractivity contribution in [3.8, 4) is 0 Å². The van der Waals surface area contributed by atoms with Gasteiger partial charge in [-0.05, 0) is 23.5 Å². The molecule has 0 aliphatic carbocycles. The van der Waals surface area contributed by atoms with E-state index in [0.29, 0.717) is 18.9 Å². The molecule has 4 nitrogen and oxygen atoms in total. The summed E-state index contributed by atoms with van der Waals surface area (Å²) >= 11 is 0. The minimum atomic E-state index is -0.338. The molecular weight excluding hydrogens is 324 g/mol. The topological polar surface area (TPSA) is 55.3 Å². The Bertz CT molecular complexity index is 705. The largest absolute Gasteiger partial charge is 0.460 e. The lowest BCUT2D eigenvalue weighted by Crippen LogP contribution is -2.36. The molecule has 138 valence electrons. The molecule has 0 aromatic heterocycles. The Hall–Kier alpha value is -2.17. The molecule has 0 spiro atoms. The van der Waals surface area contributed by atoms with Gasteiger partial charge in [0.25, 0.3) is 0 Å². The fourth-order valence-electron chi connectivity index (χ4n) is 3.55. The highest BCUT2D eigenvalue weighted by molar-refractivity contribution is 5.77. The normalized spacial score (nSPS) is 23.9. The fraction of sp³-hybridized carbons (Fsp3) is 0.409. The van der Waals surface area contributed by atoms with Crippen molar-refractivity contribution in [2.75, 3.05) is 0 Å². The molecule has 1 saturated heterocycles. The van der Waals surface area contributed by atoms with Gasteiger partial charge in [-0.2, -0.15) is 0 Å². The zero-order valence-electron chi connectivity index (χ0n) is 15.5. The first-order valence-electron chi connectivity index (χ1n) is 9.39. The van der Waals surface area contributed by atoms with E-state index in [4.69, 9.17) is 10.5 Å². The molecule has 5 atom stereocenters. The fourth-order valence-corrected chi connectivity index (χ4v) is 3.55. The van der Waals surface area contributed by atoms with Crippen molar-refractivity contribution in [3.63, 3.8) is 0 Å². The van der Waals surface area contributed by atoms with Crippen LogP contribution in [-0.4, -0.2) is 29.1 Å². The zero-order chi connectivity index (χ0) is 18.5. The van der Waals surface area contributed by atoms with Gasteiger partial charge in [-0.15, -0.1) is 0 Å². The second-order valence-electron chi connectivity index (χ2n) is 7.11. The van der Waals surface area contributed by atoms with Gasteiger partial charge in [0.05, 0.1) is 6.17 Å². The minimum Gasteiger partial charge on any atom is -0.460 e. The quantitative estimate of drug-likeness (QED) is 0.585. The van der Waals surface area contributed by atoms with E-state index in [1.807, 2.05) is 60.7 Å². The van der Waals surface area contributed by atoms with Gasteiger partial charge in [0, 0.05) is 6.04 Å². The highest BCUT2D eigenvalue weighted by Gasteiger charge is 2.53. The molecule has 2 aromatic carbocycles. The molecule has 3 rings (SSSR count). The maximum atomic E-state index is 12.9. The van der Waals surface area contributed by atoms with Crippen molar-refractivity contribution >= 4 is 5.97 Å². The molecular formula is C22H28N2O2. The Labute approximate surface area is 156 Å². The molecule has 1 aliphatic rings. The maximum Gasteiger partial charge on any atom is 0.324 e. The number of hydrogen-bond acceptors (Lipinski definition) is 4. The molecule has 1 fully saturated rings. The van der Waals surface area contributed by atoms with Crippen molar-refractivity contribution in [3.05, 3.63) is 71.8 Å². The SMILES string of the molecule is CCC(C)C1C(N)N1[C@@H](Cc1ccccc1)C(=O)OCc1ccccc1. The second-order valence-corrected chi connectivity index (χ2v) is 7.11. The van der Waals surface area contributed by atoms with Gasteiger partial charge < -0.3 is 10.5 Å². The van der Waals surface area contributed by atoms with Gasteiger partial charge in [0.15, 0.2) is 0 Å². The molecule has 2 aromatic rings. The van der Waals surface area contributed by atoms with Crippen LogP contribution in [0.25, 0.3) is 0 Å². The smallest absolute Gasteiger partial charge is 0.324 e. The summed E-state index contributed by atoms with van der Waals surface area (Å²) in [6.45, 7) is 4.65. The second kappa shape index (κ2) is 8.47. The number of nitrogens with zero attached hydrogens (tertiary/aromatic N) is 1. The van der Waals surface area contributed by atoms with Crippen LogP contribution in [0.1, 0.15) is 31.4 Å². The van der Waals surface area contributed by atoms with E-state index < -0.39 is 0 Å². The van der Waals surface area contributed by atoms with Crippen molar-refractivity contribution < 1.29 is 9.53 Å². The van der Waals surface area contributed by atoms with Crippen molar-refractivity contribution in [1.82, 2.24) is 4.90 Å². The van der Waals surface area contributed by atoms with Crippen LogP contribution >= 0.6 is 0 Å². The maximum absolute atomic E-state index is 12.9. The lowest BCUT2D eigenvalue weighted by molar-refractivity contribution is -0.149. The van der Waals surface area contributed by atoms with E-state index >= 15 is 0 Å². The van der Waals surface area contributed by atoms with Gasteiger partial charge >= 0.3 is 5.97 Å². The monoisotopic (exact) mass is 352 g/mol. The third kappa shape index (κ3) is 4.32. The lowest BCUT2D eigenvalue weighted by Gasteiger charge is -2.20. The van der Waals surface area contributed by atoms with Crippen LogP contribution in [-0.2, 0) is 22.6 Å². The third-order valence-electron chi connectivity index (χ3n) is 5.30. The summed E-state index contributed by atoms with van der Waals surface area (Å²) in [5.41, 5.74) is 8.42. The first kappa shape index (κ1) is 18.6. The summed E-state index contributed by atoms with van der Waals surface area (Å²) in [6.07, 6.45) is 1.60. The summed E-state index contributed by atoms with van der Waals surface area (Å²) in [5.74, 6) is 0.268. The van der Waals surface area contributed by atoms with E-state index in [0.717, 1.165) is 17.5 Å². The number of carbonyl (C=O) groups is 1. The Kier molecular flexibility index (Phi) is 6.07. The van der Waals surface area contributed by atoms with Crippen molar-refractivity contribution in [1.29, 1.82) is 0 Å². The minimum absolute atomic E-state index is 0.0667. The molecule has 26 heavy (non-hydrogen) atoms. The summed E-state index contributed by atoms with van der Waals surface area (Å²) in [4.78, 5) is 15.0. The van der Waals surface area contributed by atoms with Gasteiger partial charge in [0.2, 0.25) is 0 Å². The molecule has 4 unspecified atom stereocenters. The Morgan fingerprint density at radius 1 is 1.08 bits per heavy atom. The van der Waals surface area contributed by atoms with Crippen LogP contribution in [0.5, 0.6) is 0 Å². The molecule has 1 aliphatic heterocycles. The van der Waals surface area contributed by atoms with E-state index in [2.05, 4.69) is 18.7 Å². The molecule has 0 radical (unpaired) electrons. The summed E-state index contributed by atoms with van der Waals surface area (Å²) in [5, 5.41) is 0. The number of esters is 1. The Balaban J connectivity index is 1.71. The van der Waals surface area contributed by atoms with Crippen LogP contribution in [0.15, 0.2) is 60.7 Å². The molecule has 1 heterocycles. The first-order valence-corrected chi connectivity index (χ1v) is 9.39. The molecule has 0 bridgehead atoms. The average Bonchev–Trinajstić information content (AvgIpc) is 3.35. The Morgan fingerprint density at radius 3 is 2.23 bits per heavy atom. The van der Waals surface area contributed by atoms with Gasteiger partial charge in [0.1, 0.15) is 12.6 Å². The Morgan fingerprint density at radius 2 is 1.65 bits per heavy atom. The van der Waals surface area contributed by atoms with Gasteiger partial charge in [-0.25, -0.2) is 0 Å². The van der Waals surface area contributed by atoms with Crippen LogP contribution in [0.2, 0.25) is 0 Å². The van der Waals surface area contributed by atoms with Crippen LogP contribution in [0.4, 0.5) is 0 Å². The number of ether oxygens (including phenoxy) is 1. The van der Waals surface area contributed by atoms with Crippen LogP contribution in [0.3, 0.4) is 0 Å². The number of nitrogens with two attached hydrogens (primary N) is 1. The predicted octanol–water partition coefficient (Wildman–Crippen LogP) is 3.36. The van der Waals surface area contributed by atoms with E-state index in [-0.39, 0.29) is 24.2 Å². The molecule has 4 heteroatoms.